The molecule has 0 spiro atoms. The Bertz CT molecular complexity index is 532. The van der Waals surface area contributed by atoms with E-state index in [1.54, 1.807) is 0 Å². The quantitative estimate of drug-likeness (QED) is 0.118. The Morgan fingerprint density at radius 2 is 1.23 bits per heavy atom. The maximum Gasteiger partial charge on any atom is 0.378 e. The van der Waals surface area contributed by atoms with Gasteiger partial charge in [-0.3, -0.25) is 4.79 Å². The summed E-state index contributed by atoms with van der Waals surface area (Å²) in [4.78, 5) is 44.5. The third-order valence-corrected chi connectivity index (χ3v) is 3.09. The van der Waals surface area contributed by atoms with Gasteiger partial charge in [-0.1, -0.05) is 0 Å². The molecule has 7 atom stereocenters. The van der Waals surface area contributed by atoms with Crippen LogP contribution in [0.4, 0.5) is 0 Å². The molecule has 0 unspecified atom stereocenters. The Balaban J connectivity index is 5.21. The summed E-state index contributed by atoms with van der Waals surface area (Å²) in [5, 5.41) is 81.5. The van der Waals surface area contributed by atoms with Crippen LogP contribution in [0.3, 0.4) is 0 Å². The summed E-state index contributed by atoms with van der Waals surface area (Å²) in [5.41, 5.74) is 0. The molecule has 0 heterocycles. The van der Waals surface area contributed by atoms with Crippen LogP contribution in [0.1, 0.15) is 0 Å². The number of hydrogen-bond acceptors (Lipinski definition) is 12. The molecule has 0 saturated heterocycles. The number of aliphatic hydroxyl groups is 7. The van der Waals surface area contributed by atoms with Gasteiger partial charge in [-0.15, -0.1) is 0 Å². The van der Waals surface area contributed by atoms with Crippen LogP contribution >= 0.6 is 0 Å². The third kappa shape index (κ3) is 5.95. The van der Waals surface area contributed by atoms with Gasteiger partial charge in [0.2, 0.25) is 6.10 Å². The topological polar surface area (TPSA) is 260 Å². The lowest BCUT2D eigenvalue weighted by Crippen LogP contribution is -2.53. The minimum absolute atomic E-state index is 1.10. The van der Waals surface area contributed by atoms with E-state index in [4.69, 9.17) is 25.5 Å². The third-order valence-electron chi connectivity index (χ3n) is 3.09. The molecule has 0 bridgehead atoms. The molecule has 9 N–H and O–H groups in total. The molecule has 0 aliphatic carbocycles. The molecule has 0 saturated carbocycles. The highest BCUT2D eigenvalue weighted by atomic mass is 16.6. The zero-order chi connectivity index (χ0) is 20.8. The van der Waals surface area contributed by atoms with Gasteiger partial charge in [0.1, 0.15) is 24.4 Å². The van der Waals surface area contributed by atoms with Crippen LogP contribution in [0.15, 0.2) is 0 Å². The van der Waals surface area contributed by atoms with E-state index in [1.807, 2.05) is 0 Å². The second-order valence-electron chi connectivity index (χ2n) is 4.98. The zero-order valence-corrected chi connectivity index (χ0v) is 12.8. The summed E-state index contributed by atoms with van der Waals surface area (Å²) in [5.74, 6) is -8.30. The summed E-state index contributed by atoms with van der Waals surface area (Å²) >= 11 is 0. The van der Waals surface area contributed by atoms with Gasteiger partial charge in [-0.2, -0.15) is 0 Å². The van der Waals surface area contributed by atoms with Crippen molar-refractivity contribution in [3.05, 3.63) is 0 Å². The van der Waals surface area contributed by atoms with E-state index >= 15 is 0 Å². The van der Waals surface area contributed by atoms with Gasteiger partial charge in [-0.25, -0.2) is 14.4 Å². The molecule has 150 valence electrons. The predicted octanol–water partition coefficient (Wildman–Crippen LogP) is -6.21. The molecule has 26 heavy (non-hydrogen) atoms. The highest BCUT2D eigenvalue weighted by Gasteiger charge is 2.43. The fourth-order valence-electron chi connectivity index (χ4n) is 1.55. The zero-order valence-electron chi connectivity index (χ0n) is 12.8. The van der Waals surface area contributed by atoms with Crippen molar-refractivity contribution in [2.45, 2.75) is 42.7 Å². The van der Waals surface area contributed by atoms with Crippen molar-refractivity contribution in [3.63, 3.8) is 0 Å². The number of ketones is 1. The molecule has 0 amide bonds. The second-order valence-corrected chi connectivity index (χ2v) is 4.98. The largest absolute Gasteiger partial charge is 0.479 e. The number of rotatable bonds is 11. The first-order valence-corrected chi connectivity index (χ1v) is 6.76. The lowest BCUT2D eigenvalue weighted by atomic mass is 10.0. The van der Waals surface area contributed by atoms with E-state index in [9.17, 15) is 39.6 Å². The minimum Gasteiger partial charge on any atom is -0.479 e. The van der Waals surface area contributed by atoms with Gasteiger partial charge < -0.3 is 50.7 Å². The van der Waals surface area contributed by atoms with Crippen LogP contribution < -0.4 is 0 Å². The second kappa shape index (κ2) is 10.1. The minimum atomic E-state index is -2.73. The number of carbonyl (C=O) groups excluding carboxylic acids is 2. The maximum atomic E-state index is 11.5. The summed E-state index contributed by atoms with van der Waals surface area (Å²) in [6.07, 6.45) is -17.7. The molecule has 14 heteroatoms. The number of aliphatic hydroxyl groups excluding tert-OH is 7. The molecule has 0 aliphatic rings. The van der Waals surface area contributed by atoms with Crippen LogP contribution in [0.25, 0.3) is 0 Å². The van der Waals surface area contributed by atoms with Crippen molar-refractivity contribution < 1.29 is 69.9 Å². The summed E-state index contributed by atoms with van der Waals surface area (Å²) in [7, 11) is 0. The van der Waals surface area contributed by atoms with Crippen molar-refractivity contribution in [2.75, 3.05) is 6.61 Å². The SMILES string of the molecule is O=C(O[C@H](C(=O)O)[C@H](O)[C@H](O)[C@@H](O)C(=O)O)C(=O)[C@H](O)[C@H](O)[C@@H](O)CO. The number of esters is 1. The molecular weight excluding hydrogens is 368 g/mol. The number of aliphatic carboxylic acids is 2. The number of carboxylic acids is 2. The normalized spacial score (nSPS) is 19.3. The van der Waals surface area contributed by atoms with Crippen molar-refractivity contribution >= 4 is 23.7 Å². The first-order valence-electron chi connectivity index (χ1n) is 6.76. The Labute approximate surface area is 144 Å². The van der Waals surface area contributed by atoms with Gasteiger partial charge >= 0.3 is 17.9 Å². The van der Waals surface area contributed by atoms with E-state index in [0.29, 0.717) is 0 Å². The van der Waals surface area contributed by atoms with Gasteiger partial charge in [0.05, 0.1) is 6.61 Å². The smallest absolute Gasteiger partial charge is 0.378 e. The number of carboxylic acid groups (broad SMARTS) is 2. The molecule has 0 aliphatic heterocycles. The number of carbonyl (C=O) groups is 4. The van der Waals surface area contributed by atoms with Crippen LogP contribution in [0.2, 0.25) is 0 Å². The highest BCUT2D eigenvalue weighted by Crippen LogP contribution is 2.11. The standard InChI is InChI=1S/C12H18O14/c13-1-2(14)3(15)4(16)8(20)12(25)26-9(11(23)24)6(18)5(17)7(19)10(21)22/h2-7,9,13-19H,1H2,(H,21,22)(H,23,24)/t2-,3+,4+,5-,6+,7+,9-/m0/s1. The average Bonchev–Trinajstić information content (AvgIpc) is 2.60. The molecule has 0 aromatic carbocycles. The number of ether oxygens (including phenoxy) is 1. The van der Waals surface area contributed by atoms with Crippen molar-refractivity contribution in [1.29, 1.82) is 0 Å². The van der Waals surface area contributed by atoms with E-state index in [-0.39, 0.29) is 0 Å². The van der Waals surface area contributed by atoms with Crippen LogP contribution in [0, 0.1) is 0 Å². The lowest BCUT2D eigenvalue weighted by Gasteiger charge is -2.25. The summed E-state index contributed by atoms with van der Waals surface area (Å²) in [6, 6.07) is 0. The van der Waals surface area contributed by atoms with Crippen LogP contribution in [-0.2, 0) is 23.9 Å². The molecule has 0 rings (SSSR count). The fraction of sp³-hybridized carbons (Fsp3) is 0.667. The molecule has 0 radical (unpaired) electrons. The molecule has 0 fully saturated rings. The number of Topliss-reactive ketones (excluding diaryl/α,β-unsaturated/α-hetero) is 1. The average molecular weight is 386 g/mol. The van der Waals surface area contributed by atoms with Crippen molar-refractivity contribution in [1.82, 2.24) is 0 Å². The predicted molar refractivity (Wildman–Crippen MR) is 73.3 cm³/mol. The Hall–Kier alpha value is -2.20. The summed E-state index contributed by atoms with van der Waals surface area (Å²) in [6.45, 7) is -1.10. The van der Waals surface area contributed by atoms with Crippen LogP contribution in [0.5, 0.6) is 0 Å². The van der Waals surface area contributed by atoms with Gasteiger partial charge in [0.25, 0.3) is 5.78 Å². The van der Waals surface area contributed by atoms with Gasteiger partial charge in [-0.05, 0) is 0 Å². The van der Waals surface area contributed by atoms with E-state index in [1.165, 1.54) is 0 Å². The Morgan fingerprint density at radius 3 is 1.62 bits per heavy atom. The first-order chi connectivity index (χ1) is 11.9. The molecule has 0 aromatic rings. The van der Waals surface area contributed by atoms with E-state index in [2.05, 4.69) is 4.74 Å². The lowest BCUT2D eigenvalue weighted by molar-refractivity contribution is -0.188. The van der Waals surface area contributed by atoms with Crippen LogP contribution in [-0.4, -0.2) is 119 Å². The highest BCUT2D eigenvalue weighted by molar-refractivity contribution is 6.35. The Morgan fingerprint density at radius 1 is 0.731 bits per heavy atom. The van der Waals surface area contributed by atoms with E-state index in [0.717, 1.165) is 0 Å². The maximum absolute atomic E-state index is 11.5. The van der Waals surface area contributed by atoms with Crippen molar-refractivity contribution in [3.8, 4) is 0 Å². The van der Waals surface area contributed by atoms with Crippen molar-refractivity contribution in [2.24, 2.45) is 0 Å². The summed E-state index contributed by atoms with van der Waals surface area (Å²) < 4.78 is 4.05. The fourth-order valence-corrected chi connectivity index (χ4v) is 1.55. The molecule has 0 aromatic heterocycles. The first kappa shape index (κ1) is 23.8. The Kier molecular flexibility index (Phi) is 9.22. The van der Waals surface area contributed by atoms with Gasteiger partial charge in [0.15, 0.2) is 12.2 Å². The molecule has 14 nitrogen and oxygen atoms in total. The van der Waals surface area contributed by atoms with Gasteiger partial charge in [0, 0.05) is 0 Å². The number of hydrogen-bond donors (Lipinski definition) is 9. The molecular formula is C12H18O14. The monoisotopic (exact) mass is 386 g/mol. The van der Waals surface area contributed by atoms with E-state index < -0.39 is 73.0 Å².